The molecule has 3 heterocycles. The Balaban J connectivity index is 1.57. The highest BCUT2D eigenvalue weighted by Gasteiger charge is 2.49. The monoisotopic (exact) mass is 452 g/mol. The van der Waals surface area contributed by atoms with Gasteiger partial charge in [0.05, 0.1) is 17.7 Å². The SMILES string of the molecule is CN1C(=N)N[C@](C)(c2cc(-c3ncc(F)cc3F)cs2)[C@H](c2ccc(C3CC3)cc2)C1=O. The Morgan fingerprint density at radius 1 is 1.19 bits per heavy atom. The molecule has 1 saturated heterocycles. The molecule has 2 aromatic heterocycles. The Kier molecular flexibility index (Phi) is 4.85. The molecule has 0 spiro atoms. The van der Waals surface area contributed by atoms with E-state index in [-0.39, 0.29) is 17.6 Å². The summed E-state index contributed by atoms with van der Waals surface area (Å²) in [4.78, 5) is 19.3. The van der Waals surface area contributed by atoms with E-state index < -0.39 is 23.1 Å². The van der Waals surface area contributed by atoms with Crippen molar-refractivity contribution >= 4 is 23.2 Å². The zero-order valence-electron chi connectivity index (χ0n) is 17.7. The largest absolute Gasteiger partial charge is 0.345 e. The Labute approximate surface area is 188 Å². The number of hydrogen-bond acceptors (Lipinski definition) is 4. The highest BCUT2D eigenvalue weighted by Crippen LogP contribution is 2.45. The van der Waals surface area contributed by atoms with Gasteiger partial charge in [-0.1, -0.05) is 24.3 Å². The lowest BCUT2D eigenvalue weighted by atomic mass is 9.76. The number of carbonyl (C=O) groups excluding carboxylic acids is 1. The fourth-order valence-electron chi connectivity index (χ4n) is 4.37. The van der Waals surface area contributed by atoms with E-state index in [4.69, 9.17) is 5.41 Å². The zero-order chi connectivity index (χ0) is 22.6. The smallest absolute Gasteiger partial charge is 0.239 e. The van der Waals surface area contributed by atoms with Crippen LogP contribution in [0, 0.1) is 17.0 Å². The summed E-state index contributed by atoms with van der Waals surface area (Å²) in [5.74, 6) is -1.62. The summed E-state index contributed by atoms with van der Waals surface area (Å²) in [6, 6.07) is 10.7. The molecular formula is C24H22F2N4OS. The van der Waals surface area contributed by atoms with Crippen molar-refractivity contribution in [2.24, 2.45) is 0 Å². The number of benzene rings is 1. The molecule has 2 aliphatic rings. The first-order chi connectivity index (χ1) is 15.3. The third-order valence-electron chi connectivity index (χ3n) is 6.38. The lowest BCUT2D eigenvalue weighted by Gasteiger charge is -2.45. The number of likely N-dealkylation sites (N-methyl/N-ethyl adjacent to an activating group) is 1. The van der Waals surface area contributed by atoms with Gasteiger partial charge in [-0.3, -0.25) is 20.1 Å². The van der Waals surface area contributed by atoms with E-state index in [0.717, 1.165) is 22.7 Å². The maximum absolute atomic E-state index is 14.3. The molecule has 0 radical (unpaired) electrons. The minimum Gasteiger partial charge on any atom is -0.345 e. The maximum atomic E-state index is 14.3. The number of halogens is 2. The van der Waals surface area contributed by atoms with E-state index >= 15 is 0 Å². The molecule has 2 fully saturated rings. The molecule has 2 N–H and O–H groups in total. The molecule has 1 aliphatic carbocycles. The van der Waals surface area contributed by atoms with Crippen molar-refractivity contribution in [1.82, 2.24) is 15.2 Å². The van der Waals surface area contributed by atoms with Crippen LogP contribution in [0.1, 0.15) is 47.6 Å². The number of nitrogens with one attached hydrogen (secondary N) is 2. The maximum Gasteiger partial charge on any atom is 0.239 e. The van der Waals surface area contributed by atoms with E-state index in [2.05, 4.69) is 22.4 Å². The van der Waals surface area contributed by atoms with Gasteiger partial charge in [-0.25, -0.2) is 8.78 Å². The number of aromatic nitrogens is 1. The Morgan fingerprint density at radius 2 is 1.88 bits per heavy atom. The van der Waals surface area contributed by atoms with Gasteiger partial charge in [0.25, 0.3) is 0 Å². The summed E-state index contributed by atoms with van der Waals surface area (Å²) < 4.78 is 27.6. The molecule has 5 rings (SSSR count). The van der Waals surface area contributed by atoms with Crippen LogP contribution < -0.4 is 5.32 Å². The first-order valence-electron chi connectivity index (χ1n) is 10.4. The standard InChI is InChI=1S/C24H22F2N4OS/c1-24(19-9-16(12-32-19)21-18(26)10-17(25)11-28-21)20(22(31)30(2)23(27)29-24)15-7-5-14(6-8-15)13-3-4-13/h5-13,20H,3-4H2,1-2H3,(H2,27,29)/t20-,24-/m1/s1. The first kappa shape index (κ1) is 20.8. The summed E-state index contributed by atoms with van der Waals surface area (Å²) in [7, 11) is 1.58. The highest BCUT2D eigenvalue weighted by molar-refractivity contribution is 7.10. The van der Waals surface area contributed by atoms with Crippen LogP contribution in [0.3, 0.4) is 0 Å². The van der Waals surface area contributed by atoms with Gasteiger partial charge in [0.1, 0.15) is 11.5 Å². The van der Waals surface area contributed by atoms with Crippen molar-refractivity contribution < 1.29 is 13.6 Å². The topological polar surface area (TPSA) is 69.1 Å². The average molecular weight is 453 g/mol. The van der Waals surface area contributed by atoms with Gasteiger partial charge in [0, 0.05) is 28.9 Å². The predicted octanol–water partition coefficient (Wildman–Crippen LogP) is 4.96. The third kappa shape index (κ3) is 3.39. The van der Waals surface area contributed by atoms with Crippen LogP contribution in [0.4, 0.5) is 8.78 Å². The number of nitrogens with zero attached hydrogens (tertiary/aromatic N) is 2. The number of rotatable bonds is 4. The number of carbonyl (C=O) groups is 1. The zero-order valence-corrected chi connectivity index (χ0v) is 18.5. The second-order valence-electron chi connectivity index (χ2n) is 8.63. The summed E-state index contributed by atoms with van der Waals surface area (Å²) in [6.07, 6.45) is 3.38. The van der Waals surface area contributed by atoms with Crippen molar-refractivity contribution in [3.63, 3.8) is 0 Å². The summed E-state index contributed by atoms with van der Waals surface area (Å²) >= 11 is 1.35. The summed E-state index contributed by atoms with van der Waals surface area (Å²) in [6.45, 7) is 1.88. The van der Waals surface area contributed by atoms with Crippen LogP contribution in [0.25, 0.3) is 11.3 Å². The van der Waals surface area contributed by atoms with Gasteiger partial charge in [-0.05, 0) is 42.9 Å². The number of guanidine groups is 1. The number of pyridine rings is 1. The minimum absolute atomic E-state index is 0.00406. The predicted molar refractivity (Wildman–Crippen MR) is 120 cm³/mol. The molecule has 1 aliphatic heterocycles. The van der Waals surface area contributed by atoms with E-state index in [1.54, 1.807) is 18.5 Å². The Bertz CT molecular complexity index is 1220. The van der Waals surface area contributed by atoms with Crippen LogP contribution in [0.15, 0.2) is 48.0 Å². The quantitative estimate of drug-likeness (QED) is 0.588. The Hall–Kier alpha value is -3.13. The molecular weight excluding hydrogens is 430 g/mol. The lowest BCUT2D eigenvalue weighted by Crippen LogP contribution is -2.62. The fourth-order valence-corrected chi connectivity index (χ4v) is 5.41. The second kappa shape index (κ2) is 7.48. The summed E-state index contributed by atoms with van der Waals surface area (Å²) in [5, 5.41) is 13.2. The van der Waals surface area contributed by atoms with Crippen LogP contribution >= 0.6 is 11.3 Å². The van der Waals surface area contributed by atoms with Crippen molar-refractivity contribution in [1.29, 1.82) is 5.41 Å². The molecule has 1 saturated carbocycles. The van der Waals surface area contributed by atoms with Crippen molar-refractivity contribution in [2.75, 3.05) is 7.05 Å². The molecule has 0 bridgehead atoms. The van der Waals surface area contributed by atoms with Crippen molar-refractivity contribution in [2.45, 2.75) is 37.1 Å². The number of thiophene rings is 1. The van der Waals surface area contributed by atoms with Gasteiger partial charge < -0.3 is 5.32 Å². The number of amides is 1. The Morgan fingerprint density at radius 3 is 2.53 bits per heavy atom. The first-order valence-corrected chi connectivity index (χ1v) is 11.3. The van der Waals surface area contributed by atoms with Gasteiger partial charge in [-0.2, -0.15) is 0 Å². The van der Waals surface area contributed by atoms with Crippen LogP contribution in [-0.4, -0.2) is 28.8 Å². The highest BCUT2D eigenvalue weighted by atomic mass is 32.1. The van der Waals surface area contributed by atoms with Crippen LogP contribution in [0.5, 0.6) is 0 Å². The van der Waals surface area contributed by atoms with Crippen molar-refractivity contribution in [3.8, 4) is 11.3 Å². The molecule has 1 aromatic carbocycles. The molecule has 0 unspecified atom stereocenters. The second-order valence-corrected chi connectivity index (χ2v) is 9.54. The average Bonchev–Trinajstić information content (AvgIpc) is 3.49. The molecule has 5 nitrogen and oxygen atoms in total. The van der Waals surface area contributed by atoms with Crippen LogP contribution in [0.2, 0.25) is 0 Å². The molecule has 164 valence electrons. The van der Waals surface area contributed by atoms with Gasteiger partial charge in [-0.15, -0.1) is 11.3 Å². The molecule has 2 atom stereocenters. The van der Waals surface area contributed by atoms with E-state index in [0.29, 0.717) is 11.5 Å². The van der Waals surface area contributed by atoms with Gasteiger partial charge in [0.2, 0.25) is 5.91 Å². The lowest BCUT2D eigenvalue weighted by molar-refractivity contribution is -0.131. The molecule has 1 amide bonds. The van der Waals surface area contributed by atoms with E-state index in [9.17, 15) is 13.6 Å². The molecule has 8 heteroatoms. The van der Waals surface area contributed by atoms with E-state index in [1.165, 1.54) is 34.6 Å². The third-order valence-corrected chi connectivity index (χ3v) is 7.55. The van der Waals surface area contributed by atoms with E-state index in [1.807, 2.05) is 19.1 Å². The molecule has 3 aromatic rings. The van der Waals surface area contributed by atoms with Crippen molar-refractivity contribution in [3.05, 3.63) is 75.6 Å². The molecule has 32 heavy (non-hydrogen) atoms. The normalized spacial score (nSPS) is 23.4. The van der Waals surface area contributed by atoms with Gasteiger partial charge in [0.15, 0.2) is 11.8 Å². The fraction of sp³-hybridized carbons (Fsp3) is 0.292. The van der Waals surface area contributed by atoms with Crippen LogP contribution in [-0.2, 0) is 10.3 Å². The van der Waals surface area contributed by atoms with Gasteiger partial charge >= 0.3 is 0 Å². The minimum atomic E-state index is -0.915. The summed E-state index contributed by atoms with van der Waals surface area (Å²) in [5.41, 5.74) is 1.78. The number of hydrogen-bond donors (Lipinski definition) is 2.